The third-order valence-electron chi connectivity index (χ3n) is 9.35. The zero-order valence-corrected chi connectivity index (χ0v) is 30.6. The van der Waals surface area contributed by atoms with Gasteiger partial charge in [-0.2, -0.15) is 0 Å². The van der Waals surface area contributed by atoms with Gasteiger partial charge in [0.15, 0.2) is 6.29 Å². The third kappa shape index (κ3) is 12.4. The first kappa shape index (κ1) is 38.5. The van der Waals surface area contributed by atoms with Gasteiger partial charge < -0.3 is 33.2 Å². The molecule has 1 saturated heterocycles. The summed E-state index contributed by atoms with van der Waals surface area (Å²) in [6, 6.07) is 50.9. The van der Waals surface area contributed by atoms with Gasteiger partial charge in [-0.05, 0) is 40.7 Å². The Morgan fingerprint density at radius 1 is 0.472 bits per heavy atom. The van der Waals surface area contributed by atoms with Crippen LogP contribution in [0.3, 0.4) is 0 Å². The minimum absolute atomic E-state index is 0.0274. The zero-order valence-electron chi connectivity index (χ0n) is 30.6. The van der Waals surface area contributed by atoms with E-state index in [0.29, 0.717) is 46.1 Å². The van der Waals surface area contributed by atoms with Gasteiger partial charge in [0, 0.05) is 0 Å². The Kier molecular flexibility index (Phi) is 15.6. The Morgan fingerprint density at radius 3 is 1.36 bits per heavy atom. The fourth-order valence-corrected chi connectivity index (χ4v) is 6.39. The molecule has 1 aliphatic rings. The SMILES string of the molecule is CC[C@H](CCOC1OC(COCc2ccccc2)C(OCc2ccccc2)C(OCc2ccccc2)C1OCc1ccccc1)OCc1ccccc1. The molecule has 5 aromatic rings. The molecule has 0 saturated carbocycles. The predicted molar refractivity (Wildman–Crippen MR) is 206 cm³/mol. The van der Waals surface area contributed by atoms with Crippen molar-refractivity contribution in [2.45, 2.75) is 89.6 Å². The molecule has 5 aromatic carbocycles. The van der Waals surface area contributed by atoms with Crippen LogP contribution in [0.15, 0.2) is 152 Å². The molecule has 0 radical (unpaired) electrons. The standard InChI is InChI=1S/C46H52O7/c1-2-41(49-31-37-20-10-4-11-21-37)28-29-48-46-45(52-34-40-26-16-7-17-27-40)44(51-33-39-24-14-6-15-25-39)43(50-32-38-22-12-5-13-23-38)42(53-46)35-47-30-36-18-8-3-9-19-36/h3-27,41-46H,2,28-35H2,1H3/t41-,42?,43?,44?,45?,46?/m1/s1. The van der Waals surface area contributed by atoms with E-state index in [1.54, 1.807) is 0 Å². The second-order valence-electron chi connectivity index (χ2n) is 13.3. The molecule has 7 nitrogen and oxygen atoms in total. The van der Waals surface area contributed by atoms with Crippen LogP contribution in [-0.2, 0) is 66.2 Å². The molecule has 0 amide bonds. The van der Waals surface area contributed by atoms with Crippen molar-refractivity contribution in [1.82, 2.24) is 0 Å². The fourth-order valence-electron chi connectivity index (χ4n) is 6.39. The van der Waals surface area contributed by atoms with E-state index >= 15 is 0 Å². The van der Waals surface area contributed by atoms with Crippen molar-refractivity contribution in [2.75, 3.05) is 13.2 Å². The normalized spacial score (nSPS) is 20.6. The van der Waals surface area contributed by atoms with Crippen molar-refractivity contribution in [1.29, 1.82) is 0 Å². The Bertz CT molecular complexity index is 1670. The third-order valence-corrected chi connectivity index (χ3v) is 9.35. The van der Waals surface area contributed by atoms with Crippen molar-refractivity contribution in [3.05, 3.63) is 179 Å². The van der Waals surface area contributed by atoms with Crippen LogP contribution in [0.5, 0.6) is 0 Å². The highest BCUT2D eigenvalue weighted by Gasteiger charge is 2.49. The molecule has 53 heavy (non-hydrogen) atoms. The molecule has 0 aromatic heterocycles. The predicted octanol–water partition coefficient (Wildman–Crippen LogP) is 9.09. The number of benzene rings is 5. The van der Waals surface area contributed by atoms with Gasteiger partial charge >= 0.3 is 0 Å². The zero-order chi connectivity index (χ0) is 36.3. The van der Waals surface area contributed by atoms with Gasteiger partial charge in [0.2, 0.25) is 0 Å². The lowest BCUT2D eigenvalue weighted by molar-refractivity contribution is -0.329. The molecule has 278 valence electrons. The minimum atomic E-state index is -0.743. The summed E-state index contributed by atoms with van der Waals surface area (Å²) in [5.74, 6) is 0. The lowest BCUT2D eigenvalue weighted by Crippen LogP contribution is -2.61. The van der Waals surface area contributed by atoms with Gasteiger partial charge in [-0.15, -0.1) is 0 Å². The largest absolute Gasteiger partial charge is 0.374 e. The molecule has 1 heterocycles. The van der Waals surface area contributed by atoms with Crippen LogP contribution in [0.1, 0.15) is 47.6 Å². The minimum Gasteiger partial charge on any atom is -0.374 e. The lowest BCUT2D eigenvalue weighted by Gasteiger charge is -2.46. The van der Waals surface area contributed by atoms with Crippen LogP contribution in [0, 0.1) is 0 Å². The quantitative estimate of drug-likeness (QED) is 0.0751. The van der Waals surface area contributed by atoms with Crippen LogP contribution in [-0.4, -0.2) is 50.0 Å². The van der Waals surface area contributed by atoms with Crippen LogP contribution >= 0.6 is 0 Å². The van der Waals surface area contributed by atoms with Gasteiger partial charge in [-0.1, -0.05) is 159 Å². The maximum Gasteiger partial charge on any atom is 0.186 e. The van der Waals surface area contributed by atoms with Crippen molar-refractivity contribution in [2.24, 2.45) is 0 Å². The van der Waals surface area contributed by atoms with Crippen LogP contribution in [0.25, 0.3) is 0 Å². The Labute approximate surface area is 314 Å². The summed E-state index contributed by atoms with van der Waals surface area (Å²) in [6.45, 7) is 4.95. The topological polar surface area (TPSA) is 64.6 Å². The Hall–Kier alpha value is -4.18. The summed E-state index contributed by atoms with van der Waals surface area (Å²) in [6.07, 6.45) is -1.31. The molecule has 5 unspecified atom stereocenters. The van der Waals surface area contributed by atoms with Crippen molar-refractivity contribution < 1.29 is 33.2 Å². The second kappa shape index (κ2) is 21.5. The summed E-state index contributed by atoms with van der Waals surface area (Å²) in [5, 5.41) is 0. The highest BCUT2D eigenvalue weighted by atomic mass is 16.7. The van der Waals surface area contributed by atoms with Gasteiger partial charge in [0.05, 0.1) is 52.4 Å². The summed E-state index contributed by atoms with van der Waals surface area (Å²) in [4.78, 5) is 0. The fraction of sp³-hybridized carbons (Fsp3) is 0.348. The van der Waals surface area contributed by atoms with E-state index in [4.69, 9.17) is 33.2 Å². The molecule has 0 spiro atoms. The number of ether oxygens (including phenoxy) is 7. The maximum absolute atomic E-state index is 6.84. The number of hydrogen-bond donors (Lipinski definition) is 0. The van der Waals surface area contributed by atoms with E-state index in [1.165, 1.54) is 0 Å². The molecule has 0 bridgehead atoms. The lowest BCUT2D eigenvalue weighted by atomic mass is 9.97. The maximum atomic E-state index is 6.84. The van der Waals surface area contributed by atoms with Crippen molar-refractivity contribution in [3.63, 3.8) is 0 Å². The van der Waals surface area contributed by atoms with Crippen molar-refractivity contribution >= 4 is 0 Å². The average Bonchev–Trinajstić information content (AvgIpc) is 3.22. The van der Waals surface area contributed by atoms with Gasteiger partial charge in [-0.3, -0.25) is 0 Å². The summed E-state index contributed by atoms with van der Waals surface area (Å²) in [7, 11) is 0. The molecular weight excluding hydrogens is 664 g/mol. The monoisotopic (exact) mass is 716 g/mol. The smallest absolute Gasteiger partial charge is 0.186 e. The first-order valence-electron chi connectivity index (χ1n) is 18.8. The van der Waals surface area contributed by atoms with Crippen LogP contribution in [0.4, 0.5) is 0 Å². The molecule has 1 fully saturated rings. The summed E-state index contributed by atoms with van der Waals surface area (Å²) < 4.78 is 46.5. The molecule has 7 heteroatoms. The Morgan fingerprint density at radius 2 is 0.887 bits per heavy atom. The van der Waals surface area contributed by atoms with E-state index in [0.717, 1.165) is 34.2 Å². The van der Waals surface area contributed by atoms with E-state index < -0.39 is 30.7 Å². The van der Waals surface area contributed by atoms with E-state index in [9.17, 15) is 0 Å². The second-order valence-corrected chi connectivity index (χ2v) is 13.3. The van der Waals surface area contributed by atoms with E-state index in [2.05, 4.69) is 67.6 Å². The number of rotatable bonds is 21. The van der Waals surface area contributed by atoms with E-state index in [-0.39, 0.29) is 12.7 Å². The highest BCUT2D eigenvalue weighted by molar-refractivity contribution is 5.17. The molecule has 0 aliphatic carbocycles. The summed E-state index contributed by atoms with van der Waals surface area (Å²) >= 11 is 0. The van der Waals surface area contributed by atoms with Gasteiger partial charge in [-0.25, -0.2) is 0 Å². The van der Waals surface area contributed by atoms with Crippen LogP contribution in [0.2, 0.25) is 0 Å². The van der Waals surface area contributed by atoms with Crippen molar-refractivity contribution in [3.8, 4) is 0 Å². The highest BCUT2D eigenvalue weighted by Crippen LogP contribution is 2.32. The molecule has 0 N–H and O–H groups in total. The molecule has 6 rings (SSSR count). The molecular formula is C46H52O7. The van der Waals surface area contributed by atoms with E-state index in [1.807, 2.05) is 91.0 Å². The van der Waals surface area contributed by atoms with Gasteiger partial charge in [0.25, 0.3) is 0 Å². The Balaban J connectivity index is 1.24. The van der Waals surface area contributed by atoms with Gasteiger partial charge in [0.1, 0.15) is 24.4 Å². The molecule has 1 aliphatic heterocycles. The average molecular weight is 717 g/mol. The summed E-state index contributed by atoms with van der Waals surface area (Å²) in [5.41, 5.74) is 5.39. The first-order chi connectivity index (χ1) is 26.2. The first-order valence-corrected chi connectivity index (χ1v) is 18.8. The molecule has 6 atom stereocenters. The number of hydrogen-bond acceptors (Lipinski definition) is 7. The van der Waals surface area contributed by atoms with Crippen LogP contribution < -0.4 is 0 Å².